The van der Waals surface area contributed by atoms with Gasteiger partial charge in [0.05, 0.1) is 6.61 Å². The van der Waals surface area contributed by atoms with Gasteiger partial charge in [-0.2, -0.15) is 11.8 Å². The molecular weight excluding hydrogens is 146 g/mol. The third-order valence-corrected chi connectivity index (χ3v) is 1.99. The normalized spacial score (nSPS) is 13.5. The molecular formula is C7H17NOS. The third-order valence-electron chi connectivity index (χ3n) is 1.29. The van der Waals surface area contributed by atoms with Crippen LogP contribution in [0.4, 0.5) is 0 Å². The predicted octanol–water partition coefficient (Wildman–Crippen LogP) is 0.710. The standard InChI is InChI=1S/C7H17NOS/c1-7(6-9)8-4-3-5-10-2/h7-9H,3-6H2,1-2H3. The van der Waals surface area contributed by atoms with Crippen molar-refractivity contribution in [1.82, 2.24) is 5.32 Å². The van der Waals surface area contributed by atoms with Gasteiger partial charge in [0.2, 0.25) is 0 Å². The van der Waals surface area contributed by atoms with Crippen LogP contribution in [0, 0.1) is 0 Å². The molecule has 0 aromatic carbocycles. The van der Waals surface area contributed by atoms with Gasteiger partial charge in [0.1, 0.15) is 0 Å². The molecule has 0 saturated carbocycles. The molecule has 2 N–H and O–H groups in total. The molecule has 10 heavy (non-hydrogen) atoms. The largest absolute Gasteiger partial charge is 0.395 e. The fourth-order valence-corrected chi connectivity index (χ4v) is 1.06. The summed E-state index contributed by atoms with van der Waals surface area (Å²) in [5.41, 5.74) is 0. The molecule has 62 valence electrons. The van der Waals surface area contributed by atoms with Gasteiger partial charge in [-0.05, 0) is 31.9 Å². The maximum atomic E-state index is 8.62. The second-order valence-corrected chi connectivity index (χ2v) is 3.37. The average molecular weight is 163 g/mol. The van der Waals surface area contributed by atoms with Gasteiger partial charge in [-0.15, -0.1) is 0 Å². The van der Waals surface area contributed by atoms with Crippen LogP contribution in [0.25, 0.3) is 0 Å². The Hall–Kier alpha value is 0.270. The van der Waals surface area contributed by atoms with E-state index in [0.717, 1.165) is 6.54 Å². The van der Waals surface area contributed by atoms with Crippen LogP contribution in [0.3, 0.4) is 0 Å². The van der Waals surface area contributed by atoms with Gasteiger partial charge in [-0.3, -0.25) is 0 Å². The smallest absolute Gasteiger partial charge is 0.0581 e. The molecule has 0 bridgehead atoms. The molecule has 0 saturated heterocycles. The zero-order chi connectivity index (χ0) is 7.82. The first-order valence-corrected chi connectivity index (χ1v) is 5.03. The molecule has 0 rings (SSSR count). The molecule has 0 aliphatic carbocycles. The van der Waals surface area contributed by atoms with E-state index in [1.54, 1.807) is 0 Å². The lowest BCUT2D eigenvalue weighted by molar-refractivity contribution is 0.252. The lowest BCUT2D eigenvalue weighted by Gasteiger charge is -2.08. The first-order valence-electron chi connectivity index (χ1n) is 3.64. The van der Waals surface area contributed by atoms with Crippen molar-refractivity contribution in [1.29, 1.82) is 0 Å². The first kappa shape index (κ1) is 10.3. The molecule has 0 fully saturated rings. The van der Waals surface area contributed by atoms with Crippen molar-refractivity contribution < 1.29 is 5.11 Å². The second kappa shape index (κ2) is 7.38. The Balaban J connectivity index is 2.89. The Morgan fingerprint density at radius 3 is 2.80 bits per heavy atom. The van der Waals surface area contributed by atoms with Crippen LogP contribution in [0.15, 0.2) is 0 Å². The first-order chi connectivity index (χ1) is 4.81. The summed E-state index contributed by atoms with van der Waals surface area (Å²) >= 11 is 1.86. The fraction of sp³-hybridized carbons (Fsp3) is 1.00. The molecule has 0 aliphatic rings. The summed E-state index contributed by atoms with van der Waals surface area (Å²) in [5, 5.41) is 11.8. The van der Waals surface area contributed by atoms with Gasteiger partial charge in [0, 0.05) is 6.04 Å². The monoisotopic (exact) mass is 163 g/mol. The molecule has 3 heteroatoms. The van der Waals surface area contributed by atoms with Crippen molar-refractivity contribution in [3.8, 4) is 0 Å². The second-order valence-electron chi connectivity index (χ2n) is 2.38. The summed E-state index contributed by atoms with van der Waals surface area (Å²) in [6, 6.07) is 0.252. The van der Waals surface area contributed by atoms with Crippen LogP contribution in [-0.4, -0.2) is 36.3 Å². The minimum Gasteiger partial charge on any atom is -0.395 e. The Kier molecular flexibility index (Phi) is 7.58. The predicted molar refractivity (Wildman–Crippen MR) is 47.5 cm³/mol. The van der Waals surface area contributed by atoms with Crippen molar-refractivity contribution in [3.05, 3.63) is 0 Å². The molecule has 0 spiro atoms. The van der Waals surface area contributed by atoms with Crippen molar-refractivity contribution in [2.45, 2.75) is 19.4 Å². The van der Waals surface area contributed by atoms with E-state index in [2.05, 4.69) is 11.6 Å². The number of hydrogen-bond donors (Lipinski definition) is 2. The summed E-state index contributed by atoms with van der Waals surface area (Å²) in [5.74, 6) is 1.20. The minimum absolute atomic E-state index is 0.235. The zero-order valence-electron chi connectivity index (χ0n) is 6.76. The van der Waals surface area contributed by atoms with Gasteiger partial charge in [-0.25, -0.2) is 0 Å². The van der Waals surface area contributed by atoms with Crippen molar-refractivity contribution in [2.24, 2.45) is 0 Å². The number of nitrogens with one attached hydrogen (secondary N) is 1. The maximum Gasteiger partial charge on any atom is 0.0581 e. The highest BCUT2D eigenvalue weighted by Gasteiger charge is 1.95. The summed E-state index contributed by atoms with van der Waals surface area (Å²) in [6.45, 7) is 3.24. The summed E-state index contributed by atoms with van der Waals surface area (Å²) < 4.78 is 0. The molecule has 0 radical (unpaired) electrons. The lowest BCUT2D eigenvalue weighted by Crippen LogP contribution is -2.30. The summed E-state index contributed by atoms with van der Waals surface area (Å²) in [4.78, 5) is 0. The highest BCUT2D eigenvalue weighted by atomic mass is 32.2. The van der Waals surface area contributed by atoms with Crippen molar-refractivity contribution in [2.75, 3.05) is 25.2 Å². The molecule has 1 unspecified atom stereocenters. The quantitative estimate of drug-likeness (QED) is 0.566. The molecule has 0 aliphatic heterocycles. The van der Waals surface area contributed by atoms with Crippen molar-refractivity contribution >= 4 is 11.8 Å². The van der Waals surface area contributed by atoms with Crippen LogP contribution in [0.1, 0.15) is 13.3 Å². The van der Waals surface area contributed by atoms with E-state index in [-0.39, 0.29) is 12.6 Å². The number of aliphatic hydroxyl groups excluding tert-OH is 1. The zero-order valence-corrected chi connectivity index (χ0v) is 7.58. The fourth-order valence-electron chi connectivity index (χ4n) is 0.630. The van der Waals surface area contributed by atoms with Crippen LogP contribution >= 0.6 is 11.8 Å². The molecule has 0 aromatic rings. The van der Waals surface area contributed by atoms with Gasteiger partial charge in [0.15, 0.2) is 0 Å². The van der Waals surface area contributed by atoms with E-state index in [1.807, 2.05) is 18.7 Å². The average Bonchev–Trinajstić information content (AvgIpc) is 1.98. The van der Waals surface area contributed by atoms with Crippen LogP contribution in [0.5, 0.6) is 0 Å². The SMILES string of the molecule is CSCCCNC(C)CO. The van der Waals surface area contributed by atoms with E-state index in [9.17, 15) is 0 Å². The van der Waals surface area contributed by atoms with Crippen LogP contribution in [-0.2, 0) is 0 Å². The Bertz CT molecular complexity index is 70.6. The lowest BCUT2D eigenvalue weighted by atomic mass is 10.3. The number of rotatable bonds is 6. The van der Waals surface area contributed by atoms with Crippen molar-refractivity contribution in [3.63, 3.8) is 0 Å². The summed E-state index contributed by atoms with van der Waals surface area (Å²) in [7, 11) is 0. The third kappa shape index (κ3) is 6.39. The highest BCUT2D eigenvalue weighted by molar-refractivity contribution is 7.98. The number of thioether (sulfide) groups is 1. The molecule has 2 nitrogen and oxygen atoms in total. The van der Waals surface area contributed by atoms with Gasteiger partial charge < -0.3 is 10.4 Å². The minimum atomic E-state index is 0.235. The molecule has 0 amide bonds. The van der Waals surface area contributed by atoms with Gasteiger partial charge >= 0.3 is 0 Å². The van der Waals surface area contributed by atoms with Gasteiger partial charge in [0.25, 0.3) is 0 Å². The van der Waals surface area contributed by atoms with Crippen LogP contribution in [0.2, 0.25) is 0 Å². The van der Waals surface area contributed by atoms with Crippen LogP contribution < -0.4 is 5.32 Å². The number of hydrogen-bond acceptors (Lipinski definition) is 3. The van der Waals surface area contributed by atoms with E-state index < -0.39 is 0 Å². The topological polar surface area (TPSA) is 32.3 Å². The van der Waals surface area contributed by atoms with E-state index >= 15 is 0 Å². The Morgan fingerprint density at radius 1 is 1.60 bits per heavy atom. The molecule has 0 aromatic heterocycles. The maximum absolute atomic E-state index is 8.62. The Labute approximate surface area is 67.4 Å². The van der Waals surface area contributed by atoms with E-state index in [0.29, 0.717) is 0 Å². The molecule has 1 atom stereocenters. The highest BCUT2D eigenvalue weighted by Crippen LogP contribution is 1.93. The van der Waals surface area contributed by atoms with E-state index in [4.69, 9.17) is 5.11 Å². The Morgan fingerprint density at radius 2 is 2.30 bits per heavy atom. The van der Waals surface area contributed by atoms with Gasteiger partial charge in [-0.1, -0.05) is 0 Å². The summed E-state index contributed by atoms with van der Waals surface area (Å²) in [6.07, 6.45) is 3.29. The van der Waals surface area contributed by atoms with E-state index in [1.165, 1.54) is 12.2 Å². The molecule has 0 heterocycles. The number of aliphatic hydroxyl groups is 1.